The molecule has 0 bridgehead atoms. The van der Waals surface area contributed by atoms with E-state index in [2.05, 4.69) is 26.1 Å². The smallest absolute Gasteiger partial charge is 0.152 e. The van der Waals surface area contributed by atoms with Crippen LogP contribution in [0.4, 0.5) is 0 Å². The van der Waals surface area contributed by atoms with Gasteiger partial charge in [0, 0.05) is 28.8 Å². The molecule has 0 aliphatic heterocycles. The van der Waals surface area contributed by atoms with Gasteiger partial charge in [-0.1, -0.05) is 48.5 Å². The molecule has 5 nitrogen and oxygen atoms in total. The standard InChI is InChI=1S/C27H50N2O3/c1-18(2)23(30)16-29(17-24(31)26(5,6)7)22(25(32)19(3)4)15-20-11-13-21(14-12-20)28-27(8,9)10/h18-22,28H,11-17H2,1-10H3. The Morgan fingerprint density at radius 3 is 1.78 bits per heavy atom. The molecule has 0 aromatic heterocycles. The number of Topliss-reactive ketones (excluding diaryl/α,β-unsaturated/α-hetero) is 3. The maximum absolute atomic E-state index is 13.3. The van der Waals surface area contributed by atoms with Gasteiger partial charge >= 0.3 is 0 Å². The lowest BCUT2D eigenvalue weighted by Crippen LogP contribution is -2.51. The van der Waals surface area contributed by atoms with Gasteiger partial charge in [0.25, 0.3) is 0 Å². The third kappa shape index (κ3) is 9.82. The van der Waals surface area contributed by atoms with Crippen molar-refractivity contribution in [2.24, 2.45) is 23.2 Å². The Kier molecular flexibility index (Phi) is 10.7. The number of ketones is 3. The number of hydrogen-bond acceptors (Lipinski definition) is 5. The fraction of sp³-hybridized carbons (Fsp3) is 0.889. The van der Waals surface area contributed by atoms with Crippen molar-refractivity contribution in [3.05, 3.63) is 0 Å². The molecule has 1 fully saturated rings. The van der Waals surface area contributed by atoms with Crippen molar-refractivity contribution in [2.45, 2.75) is 119 Å². The van der Waals surface area contributed by atoms with E-state index in [-0.39, 0.29) is 53.9 Å². The van der Waals surface area contributed by atoms with Gasteiger partial charge in [-0.15, -0.1) is 0 Å². The van der Waals surface area contributed by atoms with Crippen molar-refractivity contribution in [1.82, 2.24) is 10.2 Å². The van der Waals surface area contributed by atoms with Crippen molar-refractivity contribution in [1.29, 1.82) is 0 Å². The quantitative estimate of drug-likeness (QED) is 0.477. The summed E-state index contributed by atoms with van der Waals surface area (Å²) in [5.41, 5.74) is -0.393. The zero-order valence-electron chi connectivity index (χ0n) is 22.5. The Bertz CT molecular complexity index is 632. The molecular formula is C27H50N2O3. The van der Waals surface area contributed by atoms with Crippen LogP contribution in [0.1, 0.15) is 101 Å². The number of carbonyl (C=O) groups is 3. The summed E-state index contributed by atoms with van der Waals surface area (Å²) in [6.07, 6.45) is 5.11. The second-order valence-electron chi connectivity index (χ2n) is 12.6. The zero-order chi connectivity index (χ0) is 24.9. The van der Waals surface area contributed by atoms with Crippen LogP contribution in [0.25, 0.3) is 0 Å². The first-order valence-corrected chi connectivity index (χ1v) is 12.6. The van der Waals surface area contributed by atoms with E-state index >= 15 is 0 Å². The van der Waals surface area contributed by atoms with Crippen LogP contribution in [0.3, 0.4) is 0 Å². The Morgan fingerprint density at radius 1 is 0.844 bits per heavy atom. The molecule has 1 saturated carbocycles. The second-order valence-corrected chi connectivity index (χ2v) is 12.6. The van der Waals surface area contributed by atoms with Crippen LogP contribution in [0.2, 0.25) is 0 Å². The van der Waals surface area contributed by atoms with Gasteiger partial charge in [-0.3, -0.25) is 19.3 Å². The highest BCUT2D eigenvalue weighted by Gasteiger charge is 2.36. The highest BCUT2D eigenvalue weighted by molar-refractivity contribution is 5.90. The molecule has 5 heteroatoms. The summed E-state index contributed by atoms with van der Waals surface area (Å²) in [5.74, 6) is 0.525. The molecule has 0 spiro atoms. The summed E-state index contributed by atoms with van der Waals surface area (Å²) < 4.78 is 0. The predicted octanol–water partition coefficient (Wildman–Crippen LogP) is 5.06. The monoisotopic (exact) mass is 450 g/mol. The molecule has 0 saturated heterocycles. The van der Waals surface area contributed by atoms with Gasteiger partial charge in [0.1, 0.15) is 5.78 Å². The minimum absolute atomic E-state index is 0.0775. The van der Waals surface area contributed by atoms with Gasteiger partial charge in [0.05, 0.1) is 19.1 Å². The van der Waals surface area contributed by atoms with Crippen LogP contribution in [-0.4, -0.2) is 53.0 Å². The van der Waals surface area contributed by atoms with Gasteiger partial charge in [-0.2, -0.15) is 0 Å². The minimum atomic E-state index is -0.499. The first kappa shape index (κ1) is 29.0. The third-order valence-electron chi connectivity index (χ3n) is 6.56. The van der Waals surface area contributed by atoms with Crippen LogP contribution in [0.15, 0.2) is 0 Å². The Balaban J connectivity index is 3.04. The summed E-state index contributed by atoms with van der Waals surface area (Å²) in [7, 11) is 0. The van der Waals surface area contributed by atoms with Crippen molar-refractivity contribution in [3.63, 3.8) is 0 Å². The van der Waals surface area contributed by atoms with Crippen molar-refractivity contribution in [2.75, 3.05) is 13.1 Å². The molecule has 0 radical (unpaired) electrons. The molecule has 32 heavy (non-hydrogen) atoms. The largest absolute Gasteiger partial charge is 0.309 e. The molecule has 0 aromatic carbocycles. The molecule has 0 amide bonds. The first-order valence-electron chi connectivity index (χ1n) is 12.6. The van der Waals surface area contributed by atoms with Crippen molar-refractivity contribution in [3.8, 4) is 0 Å². The van der Waals surface area contributed by atoms with Crippen molar-refractivity contribution >= 4 is 17.3 Å². The van der Waals surface area contributed by atoms with E-state index < -0.39 is 5.41 Å². The van der Waals surface area contributed by atoms with E-state index in [4.69, 9.17) is 0 Å². The van der Waals surface area contributed by atoms with E-state index in [0.717, 1.165) is 32.1 Å². The Hall–Kier alpha value is -1.07. The molecule has 1 atom stereocenters. The van der Waals surface area contributed by atoms with Crippen LogP contribution >= 0.6 is 0 Å². The molecule has 1 aliphatic carbocycles. The van der Waals surface area contributed by atoms with E-state index in [1.54, 1.807) is 0 Å². The number of hydrogen-bond donors (Lipinski definition) is 1. The van der Waals surface area contributed by atoms with Gasteiger partial charge in [-0.25, -0.2) is 0 Å². The number of nitrogens with one attached hydrogen (secondary N) is 1. The summed E-state index contributed by atoms with van der Waals surface area (Å²) in [6.45, 7) is 20.3. The SMILES string of the molecule is CC(C)C(=O)CN(CC(=O)C(C)(C)C)C(CC1CCC(NC(C)(C)C)CC1)C(=O)C(C)C. The average Bonchev–Trinajstić information content (AvgIpc) is 2.64. The summed E-state index contributed by atoms with van der Waals surface area (Å²) in [4.78, 5) is 40.8. The fourth-order valence-electron chi connectivity index (χ4n) is 4.38. The van der Waals surface area contributed by atoms with Crippen LogP contribution in [-0.2, 0) is 14.4 Å². The fourth-order valence-corrected chi connectivity index (χ4v) is 4.38. The van der Waals surface area contributed by atoms with Gasteiger partial charge in [-0.05, 0) is 58.8 Å². The first-order chi connectivity index (χ1) is 14.5. The summed E-state index contributed by atoms with van der Waals surface area (Å²) >= 11 is 0. The molecule has 1 aliphatic rings. The predicted molar refractivity (Wildman–Crippen MR) is 133 cm³/mol. The second kappa shape index (κ2) is 11.9. The van der Waals surface area contributed by atoms with E-state index in [9.17, 15) is 14.4 Å². The van der Waals surface area contributed by atoms with Crippen LogP contribution < -0.4 is 5.32 Å². The molecular weight excluding hydrogens is 400 g/mol. The van der Waals surface area contributed by atoms with Crippen molar-refractivity contribution < 1.29 is 14.4 Å². The number of nitrogens with zero attached hydrogens (tertiary/aromatic N) is 1. The Morgan fingerprint density at radius 2 is 1.38 bits per heavy atom. The topological polar surface area (TPSA) is 66.5 Å². The van der Waals surface area contributed by atoms with Crippen LogP contribution in [0.5, 0.6) is 0 Å². The lowest BCUT2D eigenvalue weighted by atomic mass is 9.79. The molecule has 186 valence electrons. The third-order valence-corrected chi connectivity index (χ3v) is 6.56. The molecule has 1 N–H and O–H groups in total. The van der Waals surface area contributed by atoms with Crippen LogP contribution in [0, 0.1) is 23.2 Å². The van der Waals surface area contributed by atoms with E-state index in [0.29, 0.717) is 12.0 Å². The van der Waals surface area contributed by atoms with Gasteiger partial charge < -0.3 is 5.32 Å². The minimum Gasteiger partial charge on any atom is -0.309 e. The Labute approximate surface area is 197 Å². The summed E-state index contributed by atoms with van der Waals surface area (Å²) in [6, 6.07) is 0.146. The number of rotatable bonds is 11. The molecule has 1 unspecified atom stereocenters. The maximum Gasteiger partial charge on any atom is 0.152 e. The molecule has 0 heterocycles. The average molecular weight is 451 g/mol. The number of carbonyl (C=O) groups excluding carboxylic acids is 3. The molecule has 1 rings (SSSR count). The highest BCUT2D eigenvalue weighted by Crippen LogP contribution is 2.31. The lowest BCUT2D eigenvalue weighted by molar-refractivity contribution is -0.134. The van der Waals surface area contributed by atoms with E-state index in [1.165, 1.54) is 0 Å². The zero-order valence-corrected chi connectivity index (χ0v) is 22.5. The van der Waals surface area contributed by atoms with Gasteiger partial charge in [0.15, 0.2) is 11.6 Å². The summed E-state index contributed by atoms with van der Waals surface area (Å²) in [5, 5.41) is 3.71. The van der Waals surface area contributed by atoms with E-state index in [1.807, 2.05) is 53.4 Å². The lowest BCUT2D eigenvalue weighted by Gasteiger charge is -2.38. The highest BCUT2D eigenvalue weighted by atomic mass is 16.1. The normalized spacial score (nSPS) is 21.3. The van der Waals surface area contributed by atoms with Gasteiger partial charge in [0.2, 0.25) is 0 Å². The molecule has 0 aromatic rings. The maximum atomic E-state index is 13.3.